The normalized spacial score (nSPS) is 17.7. The second kappa shape index (κ2) is 6.23. The molecule has 2 rings (SSSR count). The number of aliphatic imine (C=N–C) groups is 2. The van der Waals surface area contributed by atoms with E-state index < -0.39 is 0 Å². The zero-order chi connectivity index (χ0) is 12.8. The second-order valence-corrected chi connectivity index (χ2v) is 4.18. The van der Waals surface area contributed by atoms with Gasteiger partial charge in [0.15, 0.2) is 5.82 Å². The Bertz CT molecular complexity index is 419. The van der Waals surface area contributed by atoms with E-state index in [2.05, 4.69) is 31.9 Å². The number of rotatable bonds is 3. The molecule has 0 amide bonds. The number of aromatic nitrogens is 1. The van der Waals surface area contributed by atoms with Gasteiger partial charge in [0.2, 0.25) is 5.96 Å². The molecular formula is C12H18N6. The van der Waals surface area contributed by atoms with Crippen molar-refractivity contribution in [1.29, 1.82) is 0 Å². The summed E-state index contributed by atoms with van der Waals surface area (Å²) in [5.41, 5.74) is 6.64. The number of pyridine rings is 1. The lowest BCUT2D eigenvalue weighted by Crippen LogP contribution is -2.42. The van der Waals surface area contributed by atoms with Crippen LogP contribution in [0.5, 0.6) is 0 Å². The van der Waals surface area contributed by atoms with Crippen LogP contribution >= 0.6 is 0 Å². The van der Waals surface area contributed by atoms with E-state index in [-0.39, 0.29) is 5.96 Å². The van der Waals surface area contributed by atoms with Gasteiger partial charge in [-0.25, -0.2) is 9.98 Å². The van der Waals surface area contributed by atoms with Crippen molar-refractivity contribution in [2.75, 3.05) is 26.2 Å². The van der Waals surface area contributed by atoms with E-state index in [0.29, 0.717) is 5.82 Å². The average molecular weight is 246 g/mol. The zero-order valence-corrected chi connectivity index (χ0v) is 10.3. The number of nitrogens with one attached hydrogen (secondary N) is 1. The van der Waals surface area contributed by atoms with Crippen LogP contribution in [0.4, 0.5) is 5.82 Å². The monoisotopic (exact) mass is 246 g/mol. The topological polar surface area (TPSA) is 78.9 Å². The summed E-state index contributed by atoms with van der Waals surface area (Å²) in [6.07, 6.45) is 1.83. The highest BCUT2D eigenvalue weighted by atomic mass is 15.2. The molecule has 0 bridgehead atoms. The molecule has 1 aliphatic heterocycles. The standard InChI is InChI=1S/C12H18N6/c1-14-12(13)17-11-3-2-10(8-16-11)9-18-6-4-15-5-7-18/h2-3,8,15H,1,4-7,9H2,(H2,13,16,17). The first-order valence-corrected chi connectivity index (χ1v) is 5.97. The molecule has 1 fully saturated rings. The van der Waals surface area contributed by atoms with E-state index in [1.54, 1.807) is 0 Å². The Balaban J connectivity index is 1.96. The van der Waals surface area contributed by atoms with Gasteiger partial charge < -0.3 is 11.1 Å². The van der Waals surface area contributed by atoms with Crippen molar-refractivity contribution < 1.29 is 0 Å². The highest BCUT2D eigenvalue weighted by Gasteiger charge is 2.09. The minimum absolute atomic E-state index is 0.136. The van der Waals surface area contributed by atoms with Crippen molar-refractivity contribution in [2.24, 2.45) is 15.7 Å². The molecule has 1 aromatic heterocycles. The van der Waals surface area contributed by atoms with Crippen LogP contribution in [0.15, 0.2) is 28.3 Å². The molecule has 0 radical (unpaired) electrons. The number of hydrogen-bond donors (Lipinski definition) is 2. The van der Waals surface area contributed by atoms with Crippen LogP contribution in [-0.4, -0.2) is 48.7 Å². The van der Waals surface area contributed by atoms with Gasteiger partial charge in [-0.15, -0.1) is 0 Å². The molecule has 1 saturated heterocycles. The van der Waals surface area contributed by atoms with Crippen molar-refractivity contribution in [3.8, 4) is 0 Å². The molecule has 0 unspecified atom stereocenters. The number of nitrogens with two attached hydrogens (primary N) is 1. The first-order chi connectivity index (χ1) is 8.78. The van der Waals surface area contributed by atoms with E-state index >= 15 is 0 Å². The predicted octanol–water partition coefficient (Wildman–Crippen LogP) is 0.134. The minimum Gasteiger partial charge on any atom is -0.368 e. The van der Waals surface area contributed by atoms with E-state index in [0.717, 1.165) is 32.7 Å². The third-order valence-corrected chi connectivity index (χ3v) is 2.82. The molecule has 0 aromatic carbocycles. The summed E-state index contributed by atoms with van der Waals surface area (Å²) < 4.78 is 0. The third kappa shape index (κ3) is 3.61. The highest BCUT2D eigenvalue weighted by molar-refractivity contribution is 5.84. The quantitative estimate of drug-likeness (QED) is 0.587. The predicted molar refractivity (Wildman–Crippen MR) is 73.2 cm³/mol. The molecule has 6 heteroatoms. The first-order valence-electron chi connectivity index (χ1n) is 5.97. The molecule has 3 N–H and O–H groups in total. The van der Waals surface area contributed by atoms with Gasteiger partial charge in [0, 0.05) is 38.9 Å². The molecular weight excluding hydrogens is 228 g/mol. The van der Waals surface area contributed by atoms with Gasteiger partial charge in [-0.3, -0.25) is 4.90 Å². The SMILES string of the molecule is C=NC(N)=Nc1ccc(CN2CCNCC2)cn1. The van der Waals surface area contributed by atoms with Crippen molar-refractivity contribution in [3.05, 3.63) is 23.9 Å². The maximum absolute atomic E-state index is 5.46. The molecule has 96 valence electrons. The maximum atomic E-state index is 5.46. The number of piperazine rings is 1. The smallest absolute Gasteiger partial charge is 0.221 e. The first kappa shape index (κ1) is 12.7. The van der Waals surface area contributed by atoms with Gasteiger partial charge in [-0.2, -0.15) is 4.99 Å². The Morgan fingerprint density at radius 1 is 1.44 bits per heavy atom. The summed E-state index contributed by atoms with van der Waals surface area (Å²) in [4.78, 5) is 14.2. The van der Waals surface area contributed by atoms with Crippen LogP contribution in [-0.2, 0) is 6.54 Å². The van der Waals surface area contributed by atoms with Gasteiger partial charge in [0.05, 0.1) is 0 Å². The van der Waals surface area contributed by atoms with Crippen molar-refractivity contribution in [2.45, 2.75) is 6.54 Å². The molecule has 1 aromatic rings. The van der Waals surface area contributed by atoms with Crippen LogP contribution in [0.1, 0.15) is 5.56 Å². The molecule has 0 saturated carbocycles. The van der Waals surface area contributed by atoms with Crippen molar-refractivity contribution in [1.82, 2.24) is 15.2 Å². The summed E-state index contributed by atoms with van der Waals surface area (Å²) in [6.45, 7) is 8.49. The largest absolute Gasteiger partial charge is 0.368 e. The van der Waals surface area contributed by atoms with Gasteiger partial charge in [0.25, 0.3) is 0 Å². The van der Waals surface area contributed by atoms with Crippen LogP contribution < -0.4 is 11.1 Å². The zero-order valence-electron chi connectivity index (χ0n) is 10.3. The molecule has 0 atom stereocenters. The number of hydrogen-bond acceptors (Lipinski definition) is 4. The summed E-state index contributed by atoms with van der Waals surface area (Å²) >= 11 is 0. The Morgan fingerprint density at radius 3 is 2.83 bits per heavy atom. The van der Waals surface area contributed by atoms with Gasteiger partial charge in [0.1, 0.15) is 0 Å². The molecule has 6 nitrogen and oxygen atoms in total. The minimum atomic E-state index is 0.136. The Labute approximate surface area is 107 Å². The van der Waals surface area contributed by atoms with Crippen molar-refractivity contribution >= 4 is 18.5 Å². The highest BCUT2D eigenvalue weighted by Crippen LogP contribution is 2.10. The molecule has 0 spiro atoms. The van der Waals surface area contributed by atoms with Crippen LogP contribution in [0, 0.1) is 0 Å². The Kier molecular flexibility index (Phi) is 4.38. The molecule has 18 heavy (non-hydrogen) atoms. The van der Waals surface area contributed by atoms with Gasteiger partial charge in [-0.05, 0) is 18.3 Å². The van der Waals surface area contributed by atoms with E-state index in [9.17, 15) is 0 Å². The molecule has 2 heterocycles. The molecule has 1 aliphatic rings. The van der Waals surface area contributed by atoms with Gasteiger partial charge >= 0.3 is 0 Å². The van der Waals surface area contributed by atoms with E-state index in [1.807, 2.05) is 18.3 Å². The van der Waals surface area contributed by atoms with E-state index in [4.69, 9.17) is 5.73 Å². The maximum Gasteiger partial charge on any atom is 0.221 e. The third-order valence-electron chi connectivity index (χ3n) is 2.82. The number of nitrogens with zero attached hydrogens (tertiary/aromatic N) is 4. The lowest BCUT2D eigenvalue weighted by Gasteiger charge is -2.26. The second-order valence-electron chi connectivity index (χ2n) is 4.18. The fraction of sp³-hybridized carbons (Fsp3) is 0.417. The van der Waals surface area contributed by atoms with Crippen LogP contribution in [0.25, 0.3) is 0 Å². The fourth-order valence-corrected chi connectivity index (χ4v) is 1.86. The summed E-state index contributed by atoms with van der Waals surface area (Å²) in [6, 6.07) is 3.86. The lowest BCUT2D eigenvalue weighted by molar-refractivity contribution is 0.233. The fourth-order valence-electron chi connectivity index (χ4n) is 1.86. The Morgan fingerprint density at radius 2 is 2.22 bits per heavy atom. The van der Waals surface area contributed by atoms with E-state index in [1.165, 1.54) is 5.56 Å². The van der Waals surface area contributed by atoms with Crippen molar-refractivity contribution in [3.63, 3.8) is 0 Å². The lowest BCUT2D eigenvalue weighted by atomic mass is 10.2. The Hall–Kier alpha value is -1.79. The number of guanidine groups is 1. The van der Waals surface area contributed by atoms with Crippen LogP contribution in [0.2, 0.25) is 0 Å². The van der Waals surface area contributed by atoms with Gasteiger partial charge in [-0.1, -0.05) is 6.07 Å². The average Bonchev–Trinajstić information content (AvgIpc) is 2.42. The summed E-state index contributed by atoms with van der Waals surface area (Å²) in [7, 11) is 0. The van der Waals surface area contributed by atoms with Crippen LogP contribution in [0.3, 0.4) is 0 Å². The summed E-state index contributed by atoms with van der Waals surface area (Å²) in [5.74, 6) is 0.696. The summed E-state index contributed by atoms with van der Waals surface area (Å²) in [5, 5.41) is 3.33. The molecule has 0 aliphatic carbocycles.